The van der Waals surface area contributed by atoms with Crippen LogP contribution in [0.5, 0.6) is 5.75 Å². The first kappa shape index (κ1) is 19.1. The van der Waals surface area contributed by atoms with Crippen molar-refractivity contribution in [3.63, 3.8) is 0 Å². The lowest BCUT2D eigenvalue weighted by atomic mass is 9.99. The van der Waals surface area contributed by atoms with Gasteiger partial charge in [-0.1, -0.05) is 54.6 Å². The summed E-state index contributed by atoms with van der Waals surface area (Å²) in [7, 11) is 0. The Labute approximate surface area is 181 Å². The molecule has 154 valence electrons. The molecule has 0 spiro atoms. The second kappa shape index (κ2) is 8.48. The fourth-order valence-corrected chi connectivity index (χ4v) is 3.92. The highest BCUT2D eigenvalue weighted by atomic mass is 16.5. The minimum Gasteiger partial charge on any atom is -0.486 e. The van der Waals surface area contributed by atoms with Crippen LogP contribution in [0, 0.1) is 0 Å². The van der Waals surface area contributed by atoms with Gasteiger partial charge in [-0.05, 0) is 41.8 Å². The topological polar surface area (TPSA) is 46.8 Å². The Kier molecular flexibility index (Phi) is 5.23. The fraction of sp³-hybridized carbons (Fsp3) is 0.154. The molecule has 0 unspecified atom stereocenters. The molecule has 1 aliphatic heterocycles. The van der Waals surface area contributed by atoms with E-state index in [9.17, 15) is 4.79 Å². The number of carbonyl (C=O) groups is 1. The van der Waals surface area contributed by atoms with E-state index < -0.39 is 0 Å². The number of nitrogens with zero attached hydrogens (tertiary/aromatic N) is 3. The van der Waals surface area contributed by atoms with Crippen LogP contribution >= 0.6 is 0 Å². The van der Waals surface area contributed by atoms with Crippen LogP contribution in [-0.2, 0) is 6.61 Å². The van der Waals surface area contributed by atoms with Gasteiger partial charge < -0.3 is 14.0 Å². The highest BCUT2D eigenvalue weighted by molar-refractivity contribution is 5.97. The molecule has 0 fully saturated rings. The van der Waals surface area contributed by atoms with E-state index in [0.29, 0.717) is 31.0 Å². The van der Waals surface area contributed by atoms with Gasteiger partial charge in [0.15, 0.2) is 0 Å². The summed E-state index contributed by atoms with van der Waals surface area (Å²) in [6.45, 7) is 1.61. The van der Waals surface area contributed by atoms with Gasteiger partial charge in [0.1, 0.15) is 18.0 Å². The lowest BCUT2D eigenvalue weighted by Crippen LogP contribution is -2.34. The number of aromatic nitrogens is 2. The minimum atomic E-state index is -0.00559. The summed E-state index contributed by atoms with van der Waals surface area (Å²) >= 11 is 0. The SMILES string of the molecule is O=C(c1ccccc1OCc1cn2ccccc2n1)N1CC=C(c2ccccc2)CC1. The third kappa shape index (κ3) is 4.08. The number of rotatable bonds is 5. The van der Waals surface area contributed by atoms with E-state index in [0.717, 1.165) is 17.8 Å². The monoisotopic (exact) mass is 409 g/mol. The number of hydrogen-bond donors (Lipinski definition) is 0. The van der Waals surface area contributed by atoms with Crippen LogP contribution in [0.4, 0.5) is 0 Å². The van der Waals surface area contributed by atoms with Crippen molar-refractivity contribution in [3.05, 3.63) is 108 Å². The Morgan fingerprint density at radius 1 is 0.968 bits per heavy atom. The van der Waals surface area contributed by atoms with Crippen LogP contribution in [-0.4, -0.2) is 33.3 Å². The molecular formula is C26H23N3O2. The number of fused-ring (bicyclic) bond motifs is 1. The van der Waals surface area contributed by atoms with Crippen molar-refractivity contribution >= 4 is 17.1 Å². The lowest BCUT2D eigenvalue weighted by Gasteiger charge is -2.27. The average molecular weight is 409 g/mol. The number of imidazole rings is 1. The molecule has 5 heteroatoms. The van der Waals surface area contributed by atoms with Gasteiger partial charge in [-0.25, -0.2) is 4.98 Å². The molecule has 0 radical (unpaired) electrons. The molecule has 0 N–H and O–H groups in total. The van der Waals surface area contributed by atoms with E-state index in [-0.39, 0.29) is 5.91 Å². The van der Waals surface area contributed by atoms with Crippen molar-refractivity contribution in [2.75, 3.05) is 13.1 Å². The smallest absolute Gasteiger partial charge is 0.257 e. The predicted molar refractivity (Wildman–Crippen MR) is 121 cm³/mol. The Balaban J connectivity index is 1.29. The highest BCUT2D eigenvalue weighted by Crippen LogP contribution is 2.26. The van der Waals surface area contributed by atoms with Gasteiger partial charge in [-0.15, -0.1) is 0 Å². The maximum absolute atomic E-state index is 13.2. The van der Waals surface area contributed by atoms with E-state index >= 15 is 0 Å². The van der Waals surface area contributed by atoms with E-state index in [1.807, 2.05) is 82.4 Å². The first-order valence-electron chi connectivity index (χ1n) is 10.5. The molecule has 4 aromatic rings. The van der Waals surface area contributed by atoms with E-state index in [1.165, 1.54) is 11.1 Å². The van der Waals surface area contributed by atoms with E-state index in [2.05, 4.69) is 23.2 Å². The summed E-state index contributed by atoms with van der Waals surface area (Å²) in [6, 6.07) is 23.7. The zero-order valence-corrected chi connectivity index (χ0v) is 17.1. The van der Waals surface area contributed by atoms with Gasteiger partial charge >= 0.3 is 0 Å². The van der Waals surface area contributed by atoms with E-state index in [1.54, 1.807) is 0 Å². The Hall–Kier alpha value is -3.86. The van der Waals surface area contributed by atoms with Gasteiger partial charge in [-0.3, -0.25) is 4.79 Å². The standard InChI is InChI=1S/C26H23N3O2/c30-26(28-16-13-21(14-17-28)20-8-2-1-3-9-20)23-10-4-5-11-24(23)31-19-22-18-29-15-7-6-12-25(29)27-22/h1-13,15,18H,14,16-17,19H2. The molecule has 3 heterocycles. The number of carbonyl (C=O) groups excluding carboxylic acids is 1. The van der Waals surface area contributed by atoms with Crippen molar-refractivity contribution in [2.24, 2.45) is 0 Å². The van der Waals surface area contributed by atoms with Crippen molar-refractivity contribution in [1.82, 2.24) is 14.3 Å². The first-order valence-corrected chi connectivity index (χ1v) is 10.5. The highest BCUT2D eigenvalue weighted by Gasteiger charge is 2.22. The molecule has 1 aliphatic rings. The molecule has 5 nitrogen and oxygen atoms in total. The predicted octanol–water partition coefficient (Wildman–Crippen LogP) is 4.84. The van der Waals surface area contributed by atoms with Crippen LogP contribution in [0.3, 0.4) is 0 Å². The summed E-state index contributed by atoms with van der Waals surface area (Å²) in [5.74, 6) is 0.580. The number of hydrogen-bond acceptors (Lipinski definition) is 3. The van der Waals surface area contributed by atoms with Gasteiger partial charge in [-0.2, -0.15) is 0 Å². The van der Waals surface area contributed by atoms with Crippen LogP contribution in [0.15, 0.2) is 91.3 Å². The third-order valence-electron chi connectivity index (χ3n) is 5.55. The molecule has 31 heavy (non-hydrogen) atoms. The molecular weight excluding hydrogens is 386 g/mol. The van der Waals surface area contributed by atoms with Crippen LogP contribution in [0.1, 0.15) is 28.0 Å². The van der Waals surface area contributed by atoms with Gasteiger partial charge in [0.25, 0.3) is 5.91 Å². The molecule has 0 saturated heterocycles. The summed E-state index contributed by atoms with van der Waals surface area (Å²) in [5, 5.41) is 0. The Morgan fingerprint density at radius 2 is 1.77 bits per heavy atom. The van der Waals surface area contributed by atoms with Crippen LogP contribution in [0.25, 0.3) is 11.2 Å². The average Bonchev–Trinajstić information content (AvgIpc) is 3.26. The number of ether oxygens (including phenoxy) is 1. The van der Waals surface area contributed by atoms with Gasteiger partial charge in [0, 0.05) is 25.5 Å². The van der Waals surface area contributed by atoms with Crippen LogP contribution in [0.2, 0.25) is 0 Å². The number of pyridine rings is 1. The fourth-order valence-electron chi connectivity index (χ4n) is 3.92. The van der Waals surface area contributed by atoms with Crippen molar-refractivity contribution < 1.29 is 9.53 Å². The molecule has 2 aromatic carbocycles. The van der Waals surface area contributed by atoms with Crippen molar-refractivity contribution in [2.45, 2.75) is 13.0 Å². The quantitative estimate of drug-likeness (QED) is 0.474. The third-order valence-corrected chi connectivity index (χ3v) is 5.55. The lowest BCUT2D eigenvalue weighted by molar-refractivity contribution is 0.0768. The zero-order valence-electron chi connectivity index (χ0n) is 17.1. The van der Waals surface area contributed by atoms with Crippen LogP contribution < -0.4 is 4.74 Å². The molecule has 5 rings (SSSR count). The Morgan fingerprint density at radius 3 is 2.58 bits per heavy atom. The summed E-state index contributed by atoms with van der Waals surface area (Å²) in [4.78, 5) is 19.7. The normalized spacial score (nSPS) is 13.8. The molecule has 0 bridgehead atoms. The Bertz CT molecular complexity index is 1210. The summed E-state index contributed by atoms with van der Waals surface area (Å²) in [5.41, 5.74) is 4.80. The molecule has 2 aromatic heterocycles. The van der Waals surface area contributed by atoms with Crippen molar-refractivity contribution in [3.8, 4) is 5.75 Å². The summed E-state index contributed by atoms with van der Waals surface area (Å²) in [6.07, 6.45) is 6.90. The number of para-hydroxylation sites is 1. The second-order valence-corrected chi connectivity index (χ2v) is 7.58. The van der Waals surface area contributed by atoms with Crippen molar-refractivity contribution in [1.29, 1.82) is 0 Å². The molecule has 1 amide bonds. The zero-order chi connectivity index (χ0) is 21.0. The molecule has 0 aliphatic carbocycles. The minimum absolute atomic E-state index is 0.00559. The van der Waals surface area contributed by atoms with Gasteiger partial charge in [0.05, 0.1) is 11.3 Å². The maximum Gasteiger partial charge on any atom is 0.257 e. The van der Waals surface area contributed by atoms with Gasteiger partial charge in [0.2, 0.25) is 0 Å². The number of amides is 1. The second-order valence-electron chi connectivity index (χ2n) is 7.58. The largest absolute Gasteiger partial charge is 0.486 e. The first-order chi connectivity index (χ1) is 15.3. The summed E-state index contributed by atoms with van der Waals surface area (Å²) < 4.78 is 7.97. The number of benzene rings is 2. The molecule has 0 atom stereocenters. The maximum atomic E-state index is 13.2. The van der Waals surface area contributed by atoms with E-state index in [4.69, 9.17) is 4.74 Å². The molecule has 0 saturated carbocycles.